The van der Waals surface area contributed by atoms with Crippen molar-refractivity contribution in [1.82, 2.24) is 30.0 Å². The average Bonchev–Trinajstić information content (AvgIpc) is 2.79. The summed E-state index contributed by atoms with van der Waals surface area (Å²) in [6.07, 6.45) is 1.77. The molecule has 2 aromatic heterocycles. The van der Waals surface area contributed by atoms with Crippen LogP contribution in [0.4, 0.5) is 5.95 Å². The Morgan fingerprint density at radius 2 is 1.95 bits per heavy atom. The van der Waals surface area contributed by atoms with Crippen molar-refractivity contribution in [1.29, 1.82) is 0 Å². The van der Waals surface area contributed by atoms with E-state index in [0.717, 1.165) is 49.6 Å². The second kappa shape index (κ2) is 4.93. The summed E-state index contributed by atoms with van der Waals surface area (Å²) in [5, 5.41) is 7.67. The van der Waals surface area contributed by atoms with E-state index in [1.54, 1.807) is 10.9 Å². The average molecular weight is 259 g/mol. The Bertz CT molecular complexity index is 571. The number of aromatic nitrogens is 5. The zero-order valence-electron chi connectivity index (χ0n) is 11.2. The van der Waals surface area contributed by atoms with Gasteiger partial charge in [-0.15, -0.1) is 5.10 Å². The molecule has 0 radical (unpaired) electrons. The van der Waals surface area contributed by atoms with Crippen LogP contribution in [0.15, 0.2) is 12.3 Å². The van der Waals surface area contributed by atoms with E-state index in [9.17, 15) is 0 Å². The van der Waals surface area contributed by atoms with Crippen molar-refractivity contribution in [2.24, 2.45) is 0 Å². The van der Waals surface area contributed by atoms with Gasteiger partial charge in [0.15, 0.2) is 5.82 Å². The first-order valence-electron chi connectivity index (χ1n) is 6.43. The fourth-order valence-corrected chi connectivity index (χ4v) is 2.21. The highest BCUT2D eigenvalue weighted by molar-refractivity contribution is 5.35. The predicted molar refractivity (Wildman–Crippen MR) is 71.5 cm³/mol. The molecule has 3 heterocycles. The van der Waals surface area contributed by atoms with Crippen LogP contribution in [0.5, 0.6) is 0 Å². The molecule has 1 aliphatic heterocycles. The van der Waals surface area contributed by atoms with E-state index in [2.05, 4.69) is 30.3 Å². The van der Waals surface area contributed by atoms with Crippen LogP contribution in [0.25, 0.3) is 5.82 Å². The van der Waals surface area contributed by atoms with Gasteiger partial charge in [-0.1, -0.05) is 0 Å². The van der Waals surface area contributed by atoms with E-state index in [0.29, 0.717) is 0 Å². The Balaban J connectivity index is 1.93. The molecule has 0 spiro atoms. The first-order chi connectivity index (χ1) is 9.24. The van der Waals surface area contributed by atoms with Crippen molar-refractivity contribution in [2.45, 2.75) is 13.8 Å². The SMILES string of the molecule is Cc1nc(C)n(-c2ccnc(N3CCNCC3)n2)n1. The van der Waals surface area contributed by atoms with Gasteiger partial charge in [-0.2, -0.15) is 9.67 Å². The summed E-state index contributed by atoms with van der Waals surface area (Å²) in [5.74, 6) is 3.11. The highest BCUT2D eigenvalue weighted by Gasteiger charge is 2.14. The highest BCUT2D eigenvalue weighted by Crippen LogP contribution is 2.12. The van der Waals surface area contributed by atoms with Crippen LogP contribution in [0, 0.1) is 13.8 Å². The zero-order chi connectivity index (χ0) is 13.2. The number of rotatable bonds is 2. The molecule has 0 bridgehead atoms. The van der Waals surface area contributed by atoms with Gasteiger partial charge >= 0.3 is 0 Å². The molecule has 0 aliphatic carbocycles. The summed E-state index contributed by atoms with van der Waals surface area (Å²) in [6, 6.07) is 1.85. The topological polar surface area (TPSA) is 71.8 Å². The van der Waals surface area contributed by atoms with Gasteiger partial charge in [-0.05, 0) is 13.8 Å². The highest BCUT2D eigenvalue weighted by atomic mass is 15.4. The first kappa shape index (κ1) is 12.0. The molecular formula is C12H17N7. The monoisotopic (exact) mass is 259 g/mol. The molecule has 2 aromatic rings. The summed E-state index contributed by atoms with van der Waals surface area (Å²) >= 11 is 0. The molecule has 7 nitrogen and oxygen atoms in total. The van der Waals surface area contributed by atoms with Crippen molar-refractivity contribution < 1.29 is 0 Å². The normalized spacial score (nSPS) is 15.8. The van der Waals surface area contributed by atoms with Crippen molar-refractivity contribution in [3.8, 4) is 5.82 Å². The van der Waals surface area contributed by atoms with Gasteiger partial charge in [0.25, 0.3) is 0 Å². The summed E-state index contributed by atoms with van der Waals surface area (Å²) in [4.78, 5) is 15.4. The number of nitrogens with zero attached hydrogens (tertiary/aromatic N) is 6. The van der Waals surface area contributed by atoms with Crippen LogP contribution < -0.4 is 10.2 Å². The maximum Gasteiger partial charge on any atom is 0.227 e. The number of hydrogen-bond acceptors (Lipinski definition) is 6. The minimum Gasteiger partial charge on any atom is -0.338 e. The Morgan fingerprint density at radius 1 is 1.16 bits per heavy atom. The van der Waals surface area contributed by atoms with E-state index in [-0.39, 0.29) is 0 Å². The van der Waals surface area contributed by atoms with Crippen molar-refractivity contribution in [2.75, 3.05) is 31.1 Å². The molecule has 1 fully saturated rings. The largest absolute Gasteiger partial charge is 0.338 e. The molecular weight excluding hydrogens is 242 g/mol. The van der Waals surface area contributed by atoms with Gasteiger partial charge in [0.05, 0.1) is 0 Å². The van der Waals surface area contributed by atoms with Crippen LogP contribution >= 0.6 is 0 Å². The van der Waals surface area contributed by atoms with Gasteiger partial charge in [-0.25, -0.2) is 9.97 Å². The van der Waals surface area contributed by atoms with Gasteiger partial charge in [0, 0.05) is 38.4 Å². The number of piperazine rings is 1. The summed E-state index contributed by atoms with van der Waals surface area (Å²) in [7, 11) is 0. The smallest absolute Gasteiger partial charge is 0.227 e. The van der Waals surface area contributed by atoms with E-state index >= 15 is 0 Å². The second-order valence-electron chi connectivity index (χ2n) is 4.57. The molecule has 0 amide bonds. The van der Waals surface area contributed by atoms with E-state index in [1.807, 2.05) is 19.9 Å². The van der Waals surface area contributed by atoms with Crippen LogP contribution in [-0.4, -0.2) is 50.9 Å². The van der Waals surface area contributed by atoms with E-state index in [4.69, 9.17) is 0 Å². The number of hydrogen-bond donors (Lipinski definition) is 1. The van der Waals surface area contributed by atoms with Crippen LogP contribution in [-0.2, 0) is 0 Å². The van der Waals surface area contributed by atoms with E-state index in [1.165, 1.54) is 0 Å². The number of aryl methyl sites for hydroxylation is 2. The summed E-state index contributed by atoms with van der Waals surface area (Å²) in [6.45, 7) is 7.59. The minimum atomic E-state index is 0.750. The lowest BCUT2D eigenvalue weighted by atomic mass is 10.4. The molecule has 1 aliphatic rings. The van der Waals surface area contributed by atoms with Gasteiger partial charge in [-0.3, -0.25) is 0 Å². The Morgan fingerprint density at radius 3 is 2.63 bits per heavy atom. The lowest BCUT2D eigenvalue weighted by Gasteiger charge is -2.27. The molecule has 100 valence electrons. The Labute approximate surface area is 111 Å². The molecule has 3 rings (SSSR count). The summed E-state index contributed by atoms with van der Waals surface area (Å²) in [5.41, 5.74) is 0. The quantitative estimate of drug-likeness (QED) is 0.823. The van der Waals surface area contributed by atoms with Crippen LogP contribution in [0.3, 0.4) is 0 Å². The molecule has 0 unspecified atom stereocenters. The molecule has 0 atom stereocenters. The zero-order valence-corrected chi connectivity index (χ0v) is 11.2. The lowest BCUT2D eigenvalue weighted by molar-refractivity contribution is 0.578. The minimum absolute atomic E-state index is 0.750. The molecule has 1 saturated heterocycles. The third-order valence-electron chi connectivity index (χ3n) is 3.12. The van der Waals surface area contributed by atoms with Gasteiger partial charge in [0.2, 0.25) is 5.95 Å². The Kier molecular flexibility index (Phi) is 3.12. The molecule has 19 heavy (non-hydrogen) atoms. The van der Waals surface area contributed by atoms with Gasteiger partial charge < -0.3 is 10.2 Å². The molecule has 0 aromatic carbocycles. The van der Waals surface area contributed by atoms with Crippen molar-refractivity contribution in [3.05, 3.63) is 23.9 Å². The maximum atomic E-state index is 4.59. The van der Waals surface area contributed by atoms with Crippen LogP contribution in [0.2, 0.25) is 0 Å². The standard InChI is InChI=1S/C12H17N7/c1-9-15-10(2)19(17-9)11-3-4-14-12(16-11)18-7-5-13-6-8-18/h3-4,13H,5-8H2,1-2H3. The fraction of sp³-hybridized carbons (Fsp3) is 0.500. The molecule has 0 saturated carbocycles. The molecule has 7 heteroatoms. The maximum absolute atomic E-state index is 4.59. The van der Waals surface area contributed by atoms with Crippen molar-refractivity contribution in [3.63, 3.8) is 0 Å². The number of anilines is 1. The first-order valence-corrected chi connectivity index (χ1v) is 6.43. The summed E-state index contributed by atoms with van der Waals surface area (Å²) < 4.78 is 1.75. The van der Waals surface area contributed by atoms with Crippen LogP contribution in [0.1, 0.15) is 11.6 Å². The predicted octanol–water partition coefficient (Wildman–Crippen LogP) is 0.0837. The number of nitrogens with one attached hydrogen (secondary N) is 1. The Hall–Kier alpha value is -2.02. The fourth-order valence-electron chi connectivity index (χ4n) is 2.21. The third kappa shape index (κ3) is 2.41. The van der Waals surface area contributed by atoms with E-state index < -0.39 is 0 Å². The van der Waals surface area contributed by atoms with Gasteiger partial charge in [0.1, 0.15) is 11.6 Å². The lowest BCUT2D eigenvalue weighted by Crippen LogP contribution is -2.44. The third-order valence-corrected chi connectivity index (χ3v) is 3.12. The second-order valence-corrected chi connectivity index (χ2v) is 4.57. The molecule has 1 N–H and O–H groups in total. The van der Waals surface area contributed by atoms with Crippen molar-refractivity contribution >= 4 is 5.95 Å².